The van der Waals surface area contributed by atoms with Crippen LogP contribution in [-0.2, 0) is 0 Å². The van der Waals surface area contributed by atoms with E-state index in [1.807, 2.05) is 0 Å². The van der Waals surface area contributed by atoms with Gasteiger partial charge in [0.05, 0.1) is 0 Å². The summed E-state index contributed by atoms with van der Waals surface area (Å²) in [6, 6.07) is 10.5. The van der Waals surface area contributed by atoms with Crippen molar-refractivity contribution in [2.45, 2.75) is 32.7 Å². The van der Waals surface area contributed by atoms with E-state index in [1.54, 1.807) is 38.1 Å². The fraction of sp³-hybridized carbons (Fsp3) is 0.304. The van der Waals surface area contributed by atoms with Crippen molar-refractivity contribution in [1.82, 2.24) is 20.0 Å². The quantitative estimate of drug-likeness (QED) is 0.675. The fourth-order valence-corrected chi connectivity index (χ4v) is 3.75. The second-order valence-electron chi connectivity index (χ2n) is 7.81. The van der Waals surface area contributed by atoms with Gasteiger partial charge in [-0.1, -0.05) is 12.1 Å². The second kappa shape index (κ2) is 8.78. The molecule has 8 nitrogen and oxygen atoms in total. The lowest BCUT2D eigenvalue weighted by Gasteiger charge is -2.32. The van der Waals surface area contributed by atoms with E-state index in [1.165, 1.54) is 27.8 Å². The van der Waals surface area contributed by atoms with Gasteiger partial charge >= 0.3 is 0 Å². The van der Waals surface area contributed by atoms with Gasteiger partial charge in [-0.2, -0.15) is 5.10 Å². The molecule has 1 aliphatic rings. The molecule has 3 heterocycles. The number of benzene rings is 1. The number of likely N-dealkylation sites (tertiary alicyclic amines) is 1. The number of carbonyl (C=O) groups is 2. The number of furan rings is 1. The van der Waals surface area contributed by atoms with Gasteiger partial charge in [-0.05, 0) is 51.0 Å². The van der Waals surface area contributed by atoms with Crippen molar-refractivity contribution in [1.29, 1.82) is 0 Å². The molecule has 0 aliphatic carbocycles. The molecule has 0 bridgehead atoms. The van der Waals surface area contributed by atoms with Crippen molar-refractivity contribution < 1.29 is 18.4 Å². The summed E-state index contributed by atoms with van der Waals surface area (Å²) >= 11 is 0. The van der Waals surface area contributed by atoms with Gasteiger partial charge in [0.25, 0.3) is 11.8 Å². The van der Waals surface area contributed by atoms with Crippen LogP contribution in [0.2, 0.25) is 0 Å². The predicted molar refractivity (Wildman–Crippen MR) is 114 cm³/mol. The number of piperidine rings is 1. The van der Waals surface area contributed by atoms with E-state index in [0.29, 0.717) is 37.4 Å². The largest absolute Gasteiger partial charge is 0.456 e. The molecular formula is C23H23FN4O4. The molecule has 1 N–H and O–H groups in total. The van der Waals surface area contributed by atoms with Gasteiger partial charge in [-0.15, -0.1) is 0 Å². The van der Waals surface area contributed by atoms with Gasteiger partial charge in [0.1, 0.15) is 17.3 Å². The van der Waals surface area contributed by atoms with Crippen molar-refractivity contribution in [2.24, 2.45) is 0 Å². The molecule has 166 valence electrons. The second-order valence-corrected chi connectivity index (χ2v) is 7.81. The molecule has 0 spiro atoms. The maximum absolute atomic E-state index is 14.2. The highest BCUT2D eigenvalue weighted by atomic mass is 19.1. The minimum atomic E-state index is -0.510. The number of nitrogens with one attached hydrogen (secondary N) is 1. The van der Waals surface area contributed by atoms with Crippen LogP contribution in [0.5, 0.6) is 0 Å². The number of nitrogens with zero attached hydrogens (tertiary/aromatic N) is 3. The van der Waals surface area contributed by atoms with Gasteiger partial charge in [-0.3, -0.25) is 14.4 Å². The number of hydrogen-bond donors (Lipinski definition) is 1. The van der Waals surface area contributed by atoms with Crippen LogP contribution < -0.4 is 10.7 Å². The van der Waals surface area contributed by atoms with Gasteiger partial charge in [0.15, 0.2) is 11.5 Å². The number of carbonyl (C=O) groups excluding carboxylic acids is 2. The van der Waals surface area contributed by atoms with Crippen LogP contribution in [-0.4, -0.2) is 45.6 Å². The predicted octanol–water partition coefficient (Wildman–Crippen LogP) is 2.62. The summed E-state index contributed by atoms with van der Waals surface area (Å²) in [4.78, 5) is 39.3. The molecule has 32 heavy (non-hydrogen) atoms. The highest BCUT2D eigenvalue weighted by Gasteiger charge is 2.28. The Morgan fingerprint density at radius 3 is 2.50 bits per heavy atom. The van der Waals surface area contributed by atoms with Crippen LogP contribution >= 0.6 is 0 Å². The molecule has 0 radical (unpaired) electrons. The Bertz CT molecular complexity index is 1220. The van der Waals surface area contributed by atoms with Crippen molar-refractivity contribution in [3.63, 3.8) is 0 Å². The van der Waals surface area contributed by atoms with Crippen LogP contribution in [0.15, 0.2) is 51.7 Å². The molecule has 2 aromatic heterocycles. The molecule has 1 aromatic carbocycles. The van der Waals surface area contributed by atoms with Crippen molar-refractivity contribution in [2.75, 3.05) is 13.1 Å². The average molecular weight is 438 g/mol. The van der Waals surface area contributed by atoms with E-state index < -0.39 is 17.2 Å². The molecule has 4 rings (SSSR count). The maximum Gasteiger partial charge on any atom is 0.287 e. The van der Waals surface area contributed by atoms with Crippen molar-refractivity contribution >= 4 is 11.8 Å². The Labute approximate surface area is 183 Å². The van der Waals surface area contributed by atoms with Crippen LogP contribution in [0.25, 0.3) is 5.69 Å². The highest BCUT2D eigenvalue weighted by Crippen LogP contribution is 2.16. The molecule has 3 aromatic rings. The van der Waals surface area contributed by atoms with Gasteiger partial charge in [0, 0.05) is 30.9 Å². The number of aryl methyl sites for hydroxylation is 2. The lowest BCUT2D eigenvalue weighted by molar-refractivity contribution is 0.0686. The summed E-state index contributed by atoms with van der Waals surface area (Å²) in [7, 11) is 0. The molecule has 2 amide bonds. The third kappa shape index (κ3) is 4.32. The van der Waals surface area contributed by atoms with Crippen LogP contribution in [0, 0.1) is 19.7 Å². The standard InChI is InChI=1S/C23H23FN4O4/c1-14-13-19(29)21(26-28(14)18-6-4-3-5-17(18)24)23(31)27-11-9-16(10-12-27)25-22(30)20-8-7-15(2)32-20/h3-8,13,16H,9-12H2,1-2H3,(H,25,30). The number of rotatable bonds is 4. The summed E-state index contributed by atoms with van der Waals surface area (Å²) < 4.78 is 20.8. The summed E-state index contributed by atoms with van der Waals surface area (Å²) in [6.45, 7) is 4.11. The van der Waals surface area contributed by atoms with Crippen LogP contribution in [0.4, 0.5) is 4.39 Å². The van der Waals surface area contributed by atoms with E-state index >= 15 is 0 Å². The maximum atomic E-state index is 14.2. The number of hydrogen-bond acceptors (Lipinski definition) is 5. The van der Waals surface area contributed by atoms with Gasteiger partial charge in [0.2, 0.25) is 5.43 Å². The Morgan fingerprint density at radius 1 is 1.12 bits per heavy atom. The van der Waals surface area contributed by atoms with E-state index in [0.717, 1.165) is 0 Å². The Morgan fingerprint density at radius 2 is 1.84 bits per heavy atom. The SMILES string of the molecule is Cc1ccc(C(=O)NC2CCN(C(=O)c3nn(-c4ccccc4F)c(C)cc3=O)CC2)o1. The highest BCUT2D eigenvalue weighted by molar-refractivity contribution is 5.93. The van der Waals surface area contributed by atoms with E-state index in [9.17, 15) is 18.8 Å². The number of aromatic nitrogens is 2. The molecule has 1 saturated heterocycles. The van der Waals surface area contributed by atoms with Crippen LogP contribution in [0.3, 0.4) is 0 Å². The lowest BCUT2D eigenvalue weighted by Crippen LogP contribution is -2.47. The zero-order chi connectivity index (χ0) is 22.8. The van der Waals surface area contributed by atoms with E-state index in [4.69, 9.17) is 4.42 Å². The topological polar surface area (TPSA) is 97.4 Å². The summed E-state index contributed by atoms with van der Waals surface area (Å²) in [5.74, 6) is -0.406. The third-order valence-electron chi connectivity index (χ3n) is 5.47. The first-order valence-corrected chi connectivity index (χ1v) is 10.4. The minimum Gasteiger partial charge on any atom is -0.456 e. The molecular weight excluding hydrogens is 415 g/mol. The summed E-state index contributed by atoms with van der Waals surface area (Å²) in [5.41, 5.74) is -0.184. The molecule has 0 atom stereocenters. The van der Waals surface area contributed by atoms with Crippen molar-refractivity contribution in [3.05, 3.63) is 81.4 Å². The number of amides is 2. The zero-order valence-corrected chi connectivity index (χ0v) is 17.8. The zero-order valence-electron chi connectivity index (χ0n) is 17.8. The molecule has 1 fully saturated rings. The first-order valence-electron chi connectivity index (χ1n) is 10.4. The Balaban J connectivity index is 1.46. The minimum absolute atomic E-state index is 0.113. The fourth-order valence-electron chi connectivity index (χ4n) is 3.75. The van der Waals surface area contributed by atoms with Gasteiger partial charge in [-0.25, -0.2) is 9.07 Å². The monoisotopic (exact) mass is 438 g/mol. The van der Waals surface area contributed by atoms with Crippen molar-refractivity contribution in [3.8, 4) is 5.69 Å². The van der Waals surface area contributed by atoms with E-state index in [-0.39, 0.29) is 29.1 Å². The Kier molecular flexibility index (Phi) is 5.89. The van der Waals surface area contributed by atoms with Crippen LogP contribution in [0.1, 0.15) is 45.3 Å². The third-order valence-corrected chi connectivity index (χ3v) is 5.47. The number of para-hydroxylation sites is 1. The van der Waals surface area contributed by atoms with E-state index in [2.05, 4.69) is 10.4 Å². The first-order chi connectivity index (χ1) is 15.3. The normalized spacial score (nSPS) is 14.4. The Hall–Kier alpha value is -3.75. The first kappa shape index (κ1) is 21.5. The smallest absolute Gasteiger partial charge is 0.287 e. The molecule has 0 saturated carbocycles. The average Bonchev–Trinajstić information content (AvgIpc) is 3.21. The number of halogens is 1. The van der Waals surface area contributed by atoms with Gasteiger partial charge < -0.3 is 14.6 Å². The summed E-state index contributed by atoms with van der Waals surface area (Å²) in [6.07, 6.45) is 1.06. The molecule has 0 unspecified atom stereocenters. The lowest BCUT2D eigenvalue weighted by atomic mass is 10.0. The molecule has 1 aliphatic heterocycles. The molecule has 9 heteroatoms. The summed E-state index contributed by atoms with van der Waals surface area (Å²) in [5, 5.41) is 7.09.